The highest BCUT2D eigenvalue weighted by Crippen LogP contribution is 2.24. The standard InChI is InChI=1S/C20H18ClN3O3/c1-13-17(18(21)24(23-13)12-14-8-4-3-5-9-14)19(25)22-16-11-7-6-10-15(16)20(26)27-2/h3-11H,12H2,1-2H3,(H,22,25). The maximum atomic E-state index is 12.8. The van der Waals surface area contributed by atoms with E-state index in [1.165, 1.54) is 7.11 Å². The Labute approximate surface area is 161 Å². The van der Waals surface area contributed by atoms with Crippen molar-refractivity contribution in [3.8, 4) is 0 Å². The van der Waals surface area contributed by atoms with Gasteiger partial charge in [0.2, 0.25) is 0 Å². The number of carbonyl (C=O) groups is 2. The summed E-state index contributed by atoms with van der Waals surface area (Å²) in [6, 6.07) is 16.3. The number of ether oxygens (including phenoxy) is 1. The number of carbonyl (C=O) groups excluding carboxylic acids is 2. The minimum Gasteiger partial charge on any atom is -0.465 e. The zero-order valence-electron chi connectivity index (χ0n) is 14.9. The molecule has 0 saturated heterocycles. The van der Waals surface area contributed by atoms with Gasteiger partial charge in [-0.15, -0.1) is 0 Å². The predicted octanol–water partition coefficient (Wildman–Crippen LogP) is 3.93. The molecule has 0 aliphatic rings. The molecule has 3 rings (SSSR count). The van der Waals surface area contributed by atoms with Crippen LogP contribution in [0.15, 0.2) is 54.6 Å². The molecule has 0 radical (unpaired) electrons. The number of halogens is 1. The molecule has 2 aromatic carbocycles. The normalized spacial score (nSPS) is 10.5. The van der Waals surface area contributed by atoms with Crippen LogP contribution in [0.5, 0.6) is 0 Å². The largest absolute Gasteiger partial charge is 0.465 e. The maximum absolute atomic E-state index is 12.8. The fraction of sp³-hybridized carbons (Fsp3) is 0.150. The molecule has 138 valence electrons. The number of amides is 1. The van der Waals surface area contributed by atoms with Gasteiger partial charge in [0, 0.05) is 0 Å². The number of hydrogen-bond donors (Lipinski definition) is 1. The Morgan fingerprint density at radius 3 is 2.48 bits per heavy atom. The van der Waals surface area contributed by atoms with Gasteiger partial charge in [-0.2, -0.15) is 5.10 Å². The van der Waals surface area contributed by atoms with E-state index in [1.807, 2.05) is 30.3 Å². The second-order valence-corrected chi connectivity index (χ2v) is 6.24. The zero-order valence-corrected chi connectivity index (χ0v) is 15.7. The van der Waals surface area contributed by atoms with Crippen molar-refractivity contribution in [1.29, 1.82) is 0 Å². The van der Waals surface area contributed by atoms with Crippen LogP contribution in [0.25, 0.3) is 0 Å². The number of methoxy groups -OCH3 is 1. The van der Waals surface area contributed by atoms with E-state index in [0.717, 1.165) is 5.56 Å². The molecule has 0 fully saturated rings. The van der Waals surface area contributed by atoms with Crippen LogP contribution in [0.3, 0.4) is 0 Å². The third kappa shape index (κ3) is 4.01. The molecule has 0 spiro atoms. The summed E-state index contributed by atoms with van der Waals surface area (Å²) in [4.78, 5) is 24.7. The van der Waals surface area contributed by atoms with Crippen LogP contribution in [-0.4, -0.2) is 28.8 Å². The van der Waals surface area contributed by atoms with Crippen molar-refractivity contribution >= 4 is 29.2 Å². The Morgan fingerprint density at radius 1 is 1.11 bits per heavy atom. The van der Waals surface area contributed by atoms with E-state index in [9.17, 15) is 9.59 Å². The molecular formula is C20H18ClN3O3. The lowest BCUT2D eigenvalue weighted by molar-refractivity contribution is 0.0602. The van der Waals surface area contributed by atoms with Crippen molar-refractivity contribution in [2.75, 3.05) is 12.4 Å². The number of benzene rings is 2. The average Bonchev–Trinajstić information content (AvgIpc) is 2.95. The fourth-order valence-corrected chi connectivity index (χ4v) is 3.06. The molecule has 0 bridgehead atoms. The lowest BCUT2D eigenvalue weighted by atomic mass is 10.1. The molecule has 1 amide bonds. The first-order chi connectivity index (χ1) is 13.0. The molecule has 0 atom stereocenters. The number of aryl methyl sites for hydroxylation is 1. The van der Waals surface area contributed by atoms with Crippen LogP contribution < -0.4 is 5.32 Å². The van der Waals surface area contributed by atoms with E-state index in [1.54, 1.807) is 35.9 Å². The quantitative estimate of drug-likeness (QED) is 0.677. The number of para-hydroxylation sites is 1. The third-order valence-corrected chi connectivity index (χ3v) is 4.43. The molecule has 0 saturated carbocycles. The van der Waals surface area contributed by atoms with Gasteiger partial charge >= 0.3 is 5.97 Å². The summed E-state index contributed by atoms with van der Waals surface area (Å²) in [5.41, 5.74) is 2.40. The minimum absolute atomic E-state index is 0.240. The second kappa shape index (κ2) is 8.05. The molecule has 3 aromatic rings. The van der Waals surface area contributed by atoms with Crippen LogP contribution in [0, 0.1) is 6.92 Å². The van der Waals surface area contributed by atoms with Crippen molar-refractivity contribution in [1.82, 2.24) is 9.78 Å². The summed E-state index contributed by atoms with van der Waals surface area (Å²) in [6.07, 6.45) is 0. The van der Waals surface area contributed by atoms with E-state index in [0.29, 0.717) is 17.9 Å². The lowest BCUT2D eigenvalue weighted by Gasteiger charge is -2.09. The average molecular weight is 384 g/mol. The van der Waals surface area contributed by atoms with Gasteiger partial charge in [-0.05, 0) is 24.6 Å². The van der Waals surface area contributed by atoms with Gasteiger partial charge < -0.3 is 10.1 Å². The second-order valence-electron chi connectivity index (χ2n) is 5.89. The molecule has 1 aromatic heterocycles. The van der Waals surface area contributed by atoms with Crippen LogP contribution in [0.4, 0.5) is 5.69 Å². The molecule has 1 N–H and O–H groups in total. The van der Waals surface area contributed by atoms with Gasteiger partial charge in [-0.25, -0.2) is 9.48 Å². The number of nitrogens with one attached hydrogen (secondary N) is 1. The highest BCUT2D eigenvalue weighted by atomic mass is 35.5. The number of rotatable bonds is 5. The van der Waals surface area contributed by atoms with Gasteiger partial charge in [0.15, 0.2) is 0 Å². The van der Waals surface area contributed by atoms with Crippen molar-refractivity contribution in [3.63, 3.8) is 0 Å². The van der Waals surface area contributed by atoms with Gasteiger partial charge in [0.05, 0.1) is 36.2 Å². The van der Waals surface area contributed by atoms with Crippen LogP contribution in [0.1, 0.15) is 32.0 Å². The number of aromatic nitrogens is 2. The molecule has 7 heteroatoms. The highest BCUT2D eigenvalue weighted by molar-refractivity contribution is 6.33. The molecule has 0 unspecified atom stereocenters. The number of esters is 1. The van der Waals surface area contributed by atoms with E-state index in [4.69, 9.17) is 16.3 Å². The van der Waals surface area contributed by atoms with Crippen LogP contribution in [0.2, 0.25) is 5.15 Å². The van der Waals surface area contributed by atoms with Crippen molar-refractivity contribution in [2.45, 2.75) is 13.5 Å². The zero-order chi connectivity index (χ0) is 19.4. The Bertz CT molecular complexity index is 983. The summed E-state index contributed by atoms with van der Waals surface area (Å²) >= 11 is 6.42. The van der Waals surface area contributed by atoms with Crippen molar-refractivity contribution < 1.29 is 14.3 Å². The summed E-state index contributed by atoms with van der Waals surface area (Å²) in [5.74, 6) is -0.971. The van der Waals surface area contributed by atoms with Gasteiger partial charge in [0.25, 0.3) is 5.91 Å². The molecule has 27 heavy (non-hydrogen) atoms. The van der Waals surface area contributed by atoms with E-state index in [-0.39, 0.29) is 16.3 Å². The Kier molecular flexibility index (Phi) is 5.57. The minimum atomic E-state index is -0.534. The number of hydrogen-bond acceptors (Lipinski definition) is 4. The first kappa shape index (κ1) is 18.7. The fourth-order valence-electron chi connectivity index (χ4n) is 2.74. The van der Waals surface area contributed by atoms with E-state index in [2.05, 4.69) is 10.4 Å². The third-order valence-electron chi connectivity index (χ3n) is 4.05. The predicted molar refractivity (Wildman–Crippen MR) is 103 cm³/mol. The molecular weight excluding hydrogens is 366 g/mol. The lowest BCUT2D eigenvalue weighted by Crippen LogP contribution is -2.16. The Balaban J connectivity index is 1.87. The number of anilines is 1. The summed E-state index contributed by atoms with van der Waals surface area (Å²) < 4.78 is 6.33. The van der Waals surface area contributed by atoms with Gasteiger partial charge in [0.1, 0.15) is 5.15 Å². The SMILES string of the molecule is COC(=O)c1ccccc1NC(=O)c1c(C)nn(Cc2ccccc2)c1Cl. The van der Waals surface area contributed by atoms with Gasteiger partial charge in [-0.3, -0.25) is 4.79 Å². The molecule has 0 aliphatic carbocycles. The smallest absolute Gasteiger partial charge is 0.339 e. The van der Waals surface area contributed by atoms with E-state index < -0.39 is 11.9 Å². The topological polar surface area (TPSA) is 73.2 Å². The monoisotopic (exact) mass is 383 g/mol. The number of nitrogens with zero attached hydrogens (tertiary/aromatic N) is 2. The van der Waals surface area contributed by atoms with Crippen LogP contribution >= 0.6 is 11.6 Å². The van der Waals surface area contributed by atoms with E-state index >= 15 is 0 Å². The summed E-state index contributed by atoms with van der Waals surface area (Å²) in [7, 11) is 1.29. The van der Waals surface area contributed by atoms with Crippen molar-refractivity contribution in [3.05, 3.63) is 82.1 Å². The Morgan fingerprint density at radius 2 is 1.78 bits per heavy atom. The van der Waals surface area contributed by atoms with Gasteiger partial charge in [-0.1, -0.05) is 54.1 Å². The molecule has 6 nitrogen and oxygen atoms in total. The first-order valence-corrected chi connectivity index (χ1v) is 8.64. The highest BCUT2D eigenvalue weighted by Gasteiger charge is 2.22. The van der Waals surface area contributed by atoms with Crippen LogP contribution in [-0.2, 0) is 11.3 Å². The maximum Gasteiger partial charge on any atom is 0.339 e. The summed E-state index contributed by atoms with van der Waals surface area (Å²) in [5, 5.41) is 7.34. The Hall–Kier alpha value is -3.12. The molecule has 1 heterocycles. The first-order valence-electron chi connectivity index (χ1n) is 8.26. The molecule has 0 aliphatic heterocycles. The summed E-state index contributed by atoms with van der Waals surface area (Å²) in [6.45, 7) is 2.17. The van der Waals surface area contributed by atoms with Crippen molar-refractivity contribution in [2.24, 2.45) is 0 Å².